The number of amides is 3. The number of likely N-dealkylation sites (tertiary alicyclic amines) is 2. The van der Waals surface area contributed by atoms with Gasteiger partial charge in [-0.05, 0) is 54.4 Å². The van der Waals surface area contributed by atoms with Crippen molar-refractivity contribution in [2.24, 2.45) is 0 Å². The Morgan fingerprint density at radius 1 is 0.806 bits per heavy atom. The van der Waals surface area contributed by atoms with Crippen LogP contribution in [0.3, 0.4) is 0 Å². The predicted molar refractivity (Wildman–Crippen MR) is 135 cm³/mol. The highest BCUT2D eigenvalue weighted by atomic mass is 16.5. The van der Waals surface area contributed by atoms with Crippen molar-refractivity contribution in [2.75, 3.05) is 26.2 Å². The molecule has 2 fully saturated rings. The molecule has 0 aromatic carbocycles. The summed E-state index contributed by atoms with van der Waals surface area (Å²) in [5.41, 5.74) is 1.72. The van der Waals surface area contributed by atoms with E-state index < -0.39 is 0 Å². The SMILES string of the molecule is C[C@@H]1NC(=O)C=C1N1CC[C@H](N2C(=O)C=C(N3CC[C@H](N4C(=O)C=C(OC(C)(C)C)[C@@H]4C)C3)[C@@H]2C)C1. The van der Waals surface area contributed by atoms with Crippen molar-refractivity contribution < 1.29 is 19.1 Å². The molecular weight excluding hydrogens is 458 g/mol. The molecule has 9 nitrogen and oxygen atoms in total. The molecule has 1 N–H and O–H groups in total. The second-order valence-corrected chi connectivity index (χ2v) is 11.7. The zero-order valence-electron chi connectivity index (χ0n) is 22.3. The predicted octanol–water partition coefficient (Wildman–Crippen LogP) is 1.58. The number of carbonyl (C=O) groups excluding carboxylic acids is 3. The molecule has 0 aromatic heterocycles. The molecule has 0 bridgehead atoms. The van der Waals surface area contributed by atoms with E-state index in [0.717, 1.165) is 56.2 Å². The van der Waals surface area contributed by atoms with Crippen LogP contribution in [-0.4, -0.2) is 99.3 Å². The van der Waals surface area contributed by atoms with Crippen molar-refractivity contribution in [2.45, 2.75) is 90.2 Å². The monoisotopic (exact) mass is 497 g/mol. The maximum atomic E-state index is 13.1. The highest BCUT2D eigenvalue weighted by Gasteiger charge is 2.44. The first kappa shape index (κ1) is 24.7. The molecule has 5 atom stereocenters. The summed E-state index contributed by atoms with van der Waals surface area (Å²) >= 11 is 0. The summed E-state index contributed by atoms with van der Waals surface area (Å²) < 4.78 is 6.05. The molecule has 5 aliphatic rings. The van der Waals surface area contributed by atoms with E-state index in [1.807, 2.05) is 44.4 Å². The Labute approximate surface area is 213 Å². The first-order chi connectivity index (χ1) is 16.9. The molecule has 5 aliphatic heterocycles. The molecule has 0 unspecified atom stereocenters. The minimum Gasteiger partial charge on any atom is -0.490 e. The number of carbonyl (C=O) groups is 3. The van der Waals surface area contributed by atoms with E-state index >= 15 is 0 Å². The van der Waals surface area contributed by atoms with E-state index in [0.29, 0.717) is 0 Å². The molecule has 0 aliphatic carbocycles. The Bertz CT molecular complexity index is 1060. The summed E-state index contributed by atoms with van der Waals surface area (Å²) in [4.78, 5) is 46.2. The lowest BCUT2D eigenvalue weighted by atomic mass is 10.1. The van der Waals surface area contributed by atoms with Gasteiger partial charge < -0.3 is 29.7 Å². The van der Waals surface area contributed by atoms with Crippen LogP contribution < -0.4 is 5.32 Å². The molecule has 5 rings (SSSR count). The molecule has 3 amide bonds. The molecule has 0 saturated carbocycles. The van der Waals surface area contributed by atoms with Gasteiger partial charge in [0.1, 0.15) is 11.4 Å². The Hall–Kier alpha value is -2.97. The molecule has 2 saturated heterocycles. The van der Waals surface area contributed by atoms with Crippen molar-refractivity contribution in [1.29, 1.82) is 0 Å². The van der Waals surface area contributed by atoms with E-state index in [9.17, 15) is 14.4 Å². The molecule has 0 aromatic rings. The Balaban J connectivity index is 1.21. The third-order valence-corrected chi connectivity index (χ3v) is 8.07. The van der Waals surface area contributed by atoms with E-state index in [-0.39, 0.29) is 53.5 Å². The van der Waals surface area contributed by atoms with Crippen molar-refractivity contribution >= 4 is 17.7 Å². The van der Waals surface area contributed by atoms with Gasteiger partial charge in [-0.25, -0.2) is 0 Å². The highest BCUT2D eigenvalue weighted by molar-refractivity contribution is 5.93. The summed E-state index contributed by atoms with van der Waals surface area (Å²) in [5, 5.41) is 2.93. The maximum absolute atomic E-state index is 13.1. The smallest absolute Gasteiger partial charge is 0.250 e. The largest absolute Gasteiger partial charge is 0.490 e. The number of hydrogen-bond donors (Lipinski definition) is 1. The van der Waals surface area contributed by atoms with Crippen LogP contribution in [0.4, 0.5) is 0 Å². The summed E-state index contributed by atoms with van der Waals surface area (Å²) in [6.07, 6.45) is 6.87. The van der Waals surface area contributed by atoms with Crippen LogP contribution in [0, 0.1) is 0 Å². The number of nitrogens with one attached hydrogen (secondary N) is 1. The first-order valence-electron chi connectivity index (χ1n) is 13.2. The minimum atomic E-state index is -0.347. The van der Waals surface area contributed by atoms with Crippen LogP contribution in [0.25, 0.3) is 0 Å². The van der Waals surface area contributed by atoms with Crippen molar-refractivity contribution in [3.05, 3.63) is 35.4 Å². The van der Waals surface area contributed by atoms with Crippen LogP contribution in [0.1, 0.15) is 54.4 Å². The van der Waals surface area contributed by atoms with Gasteiger partial charge in [-0.1, -0.05) is 0 Å². The topological polar surface area (TPSA) is 85.4 Å². The fraction of sp³-hybridized carbons (Fsp3) is 0.667. The van der Waals surface area contributed by atoms with Crippen LogP contribution in [0.5, 0.6) is 0 Å². The van der Waals surface area contributed by atoms with Crippen molar-refractivity contribution in [3.63, 3.8) is 0 Å². The molecule has 5 heterocycles. The van der Waals surface area contributed by atoms with Gasteiger partial charge in [0.15, 0.2) is 0 Å². The average Bonchev–Trinajstić information content (AvgIpc) is 3.56. The van der Waals surface area contributed by atoms with Gasteiger partial charge in [0.05, 0.1) is 30.2 Å². The average molecular weight is 498 g/mol. The van der Waals surface area contributed by atoms with E-state index in [4.69, 9.17) is 4.74 Å². The van der Waals surface area contributed by atoms with Crippen molar-refractivity contribution in [3.8, 4) is 0 Å². The van der Waals surface area contributed by atoms with Crippen LogP contribution in [0.15, 0.2) is 35.4 Å². The maximum Gasteiger partial charge on any atom is 0.250 e. The van der Waals surface area contributed by atoms with Gasteiger partial charge in [-0.15, -0.1) is 0 Å². The second kappa shape index (κ2) is 8.85. The first-order valence-corrected chi connectivity index (χ1v) is 13.2. The zero-order valence-corrected chi connectivity index (χ0v) is 22.3. The van der Waals surface area contributed by atoms with Crippen LogP contribution in [-0.2, 0) is 19.1 Å². The zero-order chi connectivity index (χ0) is 25.9. The normalized spacial score (nSPS) is 33.0. The Morgan fingerprint density at radius 3 is 1.92 bits per heavy atom. The van der Waals surface area contributed by atoms with Gasteiger partial charge in [0.2, 0.25) is 11.8 Å². The van der Waals surface area contributed by atoms with E-state index in [2.05, 4.69) is 22.0 Å². The third-order valence-electron chi connectivity index (χ3n) is 8.07. The third kappa shape index (κ3) is 4.37. The van der Waals surface area contributed by atoms with Gasteiger partial charge in [0, 0.05) is 55.8 Å². The molecule has 36 heavy (non-hydrogen) atoms. The standard InChI is InChI=1S/C27H39N5O4/c1-16-21(11-24(33)28-16)29-9-7-19(14-29)31-17(2)22(12-25(31)34)30-10-8-20(15-30)32-18(3)23(13-26(32)35)36-27(4,5)6/h11-13,16-20H,7-10,14-15H2,1-6H3,(H,28,33)/t16-,17-,18-,19-,20-/m0/s1. The van der Waals surface area contributed by atoms with Gasteiger partial charge in [0.25, 0.3) is 5.91 Å². The molecule has 0 radical (unpaired) electrons. The second-order valence-electron chi connectivity index (χ2n) is 11.7. The molecule has 0 spiro atoms. The summed E-state index contributed by atoms with van der Waals surface area (Å²) in [5.74, 6) is 0.755. The fourth-order valence-corrected chi connectivity index (χ4v) is 6.48. The highest BCUT2D eigenvalue weighted by Crippen LogP contribution is 2.35. The van der Waals surface area contributed by atoms with Gasteiger partial charge in [-0.3, -0.25) is 14.4 Å². The number of hydrogen-bond acceptors (Lipinski definition) is 6. The van der Waals surface area contributed by atoms with Crippen molar-refractivity contribution in [1.82, 2.24) is 24.9 Å². The summed E-state index contributed by atoms with van der Waals surface area (Å²) in [7, 11) is 0. The number of rotatable bonds is 5. The minimum absolute atomic E-state index is 0.00853. The van der Waals surface area contributed by atoms with E-state index in [1.165, 1.54) is 0 Å². The molecule has 9 heteroatoms. The van der Waals surface area contributed by atoms with E-state index in [1.54, 1.807) is 18.2 Å². The lowest BCUT2D eigenvalue weighted by molar-refractivity contribution is -0.128. The summed E-state index contributed by atoms with van der Waals surface area (Å²) in [6, 6.07) is 0.112. The Morgan fingerprint density at radius 2 is 1.36 bits per heavy atom. The van der Waals surface area contributed by atoms with Gasteiger partial charge >= 0.3 is 0 Å². The number of ether oxygens (including phenoxy) is 1. The molecule has 196 valence electrons. The van der Waals surface area contributed by atoms with Crippen LogP contribution >= 0.6 is 0 Å². The molecular formula is C27H39N5O4. The Kier molecular flexibility index (Phi) is 6.08. The lowest BCUT2D eigenvalue weighted by Crippen LogP contribution is -2.46. The lowest BCUT2D eigenvalue weighted by Gasteiger charge is -2.34. The van der Waals surface area contributed by atoms with Crippen LogP contribution in [0.2, 0.25) is 0 Å². The quantitative estimate of drug-likeness (QED) is 0.621. The fourth-order valence-electron chi connectivity index (χ4n) is 6.48. The van der Waals surface area contributed by atoms with Gasteiger partial charge in [-0.2, -0.15) is 0 Å². The summed E-state index contributed by atoms with van der Waals surface area (Å²) in [6.45, 7) is 15.2. The number of nitrogens with zero attached hydrogens (tertiary/aromatic N) is 4.